The van der Waals surface area contributed by atoms with E-state index in [9.17, 15) is 4.79 Å². The summed E-state index contributed by atoms with van der Waals surface area (Å²) in [7, 11) is 0. The van der Waals surface area contributed by atoms with Gasteiger partial charge in [0.15, 0.2) is 0 Å². The number of nitrogens with zero attached hydrogens (tertiary/aromatic N) is 4. The molecule has 1 aliphatic rings. The molecule has 1 atom stereocenters. The van der Waals surface area contributed by atoms with Gasteiger partial charge in [-0.05, 0) is 29.3 Å². The van der Waals surface area contributed by atoms with Crippen LogP contribution in [0, 0.1) is 0 Å². The van der Waals surface area contributed by atoms with Gasteiger partial charge in [0.2, 0.25) is 0 Å². The van der Waals surface area contributed by atoms with Crippen LogP contribution in [-0.4, -0.2) is 32.1 Å². The highest BCUT2D eigenvalue weighted by molar-refractivity contribution is 6.30. The van der Waals surface area contributed by atoms with Crippen LogP contribution in [0.15, 0.2) is 61.1 Å². The minimum absolute atomic E-state index is 0.00640. The number of carbonyl (C=O) groups is 1. The van der Waals surface area contributed by atoms with Crippen molar-refractivity contribution in [3.63, 3.8) is 0 Å². The zero-order chi connectivity index (χ0) is 16.5. The maximum atomic E-state index is 12.9. The number of rotatable bonds is 2. The topological polar surface area (TPSA) is 51.0 Å². The Balaban J connectivity index is 1.70. The van der Waals surface area contributed by atoms with Crippen LogP contribution in [0.2, 0.25) is 5.02 Å². The van der Waals surface area contributed by atoms with Gasteiger partial charge in [-0.1, -0.05) is 35.9 Å². The van der Waals surface area contributed by atoms with Crippen molar-refractivity contribution >= 4 is 17.5 Å². The highest BCUT2D eigenvalue weighted by atomic mass is 35.5. The van der Waals surface area contributed by atoms with Gasteiger partial charge < -0.3 is 4.90 Å². The first-order valence-electron chi connectivity index (χ1n) is 7.70. The second-order valence-corrected chi connectivity index (χ2v) is 6.18. The van der Waals surface area contributed by atoms with Crippen LogP contribution in [0.25, 0.3) is 0 Å². The van der Waals surface area contributed by atoms with Crippen molar-refractivity contribution in [2.24, 2.45) is 0 Å². The zero-order valence-electron chi connectivity index (χ0n) is 12.8. The second kappa shape index (κ2) is 6.09. The maximum Gasteiger partial charge on any atom is 0.272 e. The second-order valence-electron chi connectivity index (χ2n) is 5.75. The molecule has 1 aromatic carbocycles. The third kappa shape index (κ3) is 2.67. The minimum atomic E-state index is -0.121. The summed E-state index contributed by atoms with van der Waals surface area (Å²) in [5.41, 5.74) is 2.69. The Hall–Kier alpha value is -2.66. The Morgan fingerprint density at radius 1 is 1.17 bits per heavy atom. The third-order valence-corrected chi connectivity index (χ3v) is 4.48. The van der Waals surface area contributed by atoms with E-state index in [1.54, 1.807) is 29.4 Å². The Morgan fingerprint density at radius 2 is 2.04 bits per heavy atom. The normalized spacial score (nSPS) is 16.7. The van der Waals surface area contributed by atoms with E-state index in [2.05, 4.69) is 22.2 Å². The highest BCUT2D eigenvalue weighted by Gasteiger charge is 2.30. The summed E-state index contributed by atoms with van der Waals surface area (Å²) in [4.78, 5) is 18.8. The van der Waals surface area contributed by atoms with Gasteiger partial charge in [-0.15, -0.1) is 0 Å². The van der Waals surface area contributed by atoms with Gasteiger partial charge in [-0.3, -0.25) is 14.5 Å². The summed E-state index contributed by atoms with van der Waals surface area (Å²) < 4.78 is 1.89. The zero-order valence-corrected chi connectivity index (χ0v) is 13.6. The quantitative estimate of drug-likeness (QED) is 0.721. The smallest absolute Gasteiger partial charge is 0.272 e. The van der Waals surface area contributed by atoms with Crippen molar-refractivity contribution in [2.75, 3.05) is 6.54 Å². The van der Waals surface area contributed by atoms with Crippen molar-refractivity contribution < 1.29 is 4.79 Å². The summed E-state index contributed by atoms with van der Waals surface area (Å²) in [5.74, 6) is -0.121. The molecule has 0 bridgehead atoms. The molecule has 0 unspecified atom stereocenters. The summed E-state index contributed by atoms with van der Waals surface area (Å²) in [6, 6.07) is 13.3. The molecule has 1 aliphatic heterocycles. The van der Waals surface area contributed by atoms with E-state index in [0.717, 1.165) is 5.56 Å². The number of fused-ring (bicyclic) bond motifs is 1. The molecule has 6 heteroatoms. The van der Waals surface area contributed by atoms with Gasteiger partial charge in [-0.2, -0.15) is 5.10 Å². The maximum absolute atomic E-state index is 12.9. The Morgan fingerprint density at radius 3 is 2.83 bits per heavy atom. The fourth-order valence-electron chi connectivity index (χ4n) is 3.11. The van der Waals surface area contributed by atoms with E-state index in [1.807, 2.05) is 29.1 Å². The number of benzene rings is 1. The van der Waals surface area contributed by atoms with E-state index < -0.39 is 0 Å². The first kappa shape index (κ1) is 14.9. The molecule has 3 heterocycles. The predicted octanol–water partition coefficient (Wildman–Crippen LogP) is 3.18. The van der Waals surface area contributed by atoms with E-state index in [1.165, 1.54) is 5.56 Å². The average Bonchev–Trinajstić information content (AvgIpc) is 3.14. The molecule has 120 valence electrons. The van der Waals surface area contributed by atoms with Crippen LogP contribution in [-0.2, 0) is 6.54 Å². The van der Waals surface area contributed by atoms with E-state index in [0.29, 0.717) is 23.8 Å². The predicted molar refractivity (Wildman–Crippen MR) is 90.8 cm³/mol. The number of aromatic nitrogens is 3. The molecule has 0 fully saturated rings. The molecule has 3 aromatic rings. The number of hydrogen-bond donors (Lipinski definition) is 0. The van der Waals surface area contributed by atoms with Crippen LogP contribution in [0.1, 0.15) is 27.7 Å². The largest absolute Gasteiger partial charge is 0.330 e. The lowest BCUT2D eigenvalue weighted by Gasteiger charge is -2.34. The van der Waals surface area contributed by atoms with Crippen molar-refractivity contribution in [3.05, 3.63) is 82.9 Å². The van der Waals surface area contributed by atoms with Gasteiger partial charge in [-0.25, -0.2) is 0 Å². The van der Waals surface area contributed by atoms with Crippen molar-refractivity contribution in [3.8, 4) is 0 Å². The lowest BCUT2D eigenvalue weighted by atomic mass is 9.95. The monoisotopic (exact) mass is 338 g/mol. The van der Waals surface area contributed by atoms with Gasteiger partial charge in [0, 0.05) is 36.7 Å². The summed E-state index contributed by atoms with van der Waals surface area (Å²) in [6.45, 7) is 1.10. The molecule has 2 aromatic heterocycles. The molecule has 24 heavy (non-hydrogen) atoms. The average molecular weight is 339 g/mol. The standard InChI is InChI=1S/C18H15ClN4O/c19-14-6-8-20-16(10-14)18(24)22-11-13-4-1-2-5-15(13)17(12-22)23-9-3-7-21-23/h1-10,17H,11-12H2/t17-/m0/s1. The minimum Gasteiger partial charge on any atom is -0.330 e. The van der Waals surface area contributed by atoms with Crippen LogP contribution < -0.4 is 0 Å². The molecule has 4 rings (SSSR count). The fourth-order valence-corrected chi connectivity index (χ4v) is 3.27. The van der Waals surface area contributed by atoms with E-state index >= 15 is 0 Å². The molecule has 0 N–H and O–H groups in total. The summed E-state index contributed by atoms with van der Waals surface area (Å²) in [6.07, 6.45) is 5.23. The van der Waals surface area contributed by atoms with E-state index in [4.69, 9.17) is 11.6 Å². The number of carbonyl (C=O) groups excluding carboxylic acids is 1. The first-order valence-corrected chi connectivity index (χ1v) is 8.08. The molecule has 0 saturated heterocycles. The van der Waals surface area contributed by atoms with Crippen molar-refractivity contribution in [2.45, 2.75) is 12.6 Å². The summed E-state index contributed by atoms with van der Waals surface area (Å²) in [5, 5.41) is 4.87. The van der Waals surface area contributed by atoms with Crippen LogP contribution in [0.5, 0.6) is 0 Å². The Labute approximate surface area is 144 Å². The van der Waals surface area contributed by atoms with Gasteiger partial charge in [0.25, 0.3) is 5.91 Å². The first-order chi connectivity index (χ1) is 11.7. The molecule has 0 aliphatic carbocycles. The number of halogens is 1. The lowest BCUT2D eigenvalue weighted by molar-refractivity contribution is 0.0700. The van der Waals surface area contributed by atoms with E-state index in [-0.39, 0.29) is 11.9 Å². The third-order valence-electron chi connectivity index (χ3n) is 4.24. The number of hydrogen-bond acceptors (Lipinski definition) is 3. The van der Waals surface area contributed by atoms with Crippen molar-refractivity contribution in [1.82, 2.24) is 19.7 Å². The molecule has 1 amide bonds. The lowest BCUT2D eigenvalue weighted by Crippen LogP contribution is -2.40. The van der Waals surface area contributed by atoms with Gasteiger partial charge in [0.05, 0.1) is 6.04 Å². The van der Waals surface area contributed by atoms with Gasteiger partial charge in [0.1, 0.15) is 5.69 Å². The molecule has 5 nitrogen and oxygen atoms in total. The number of amides is 1. The van der Waals surface area contributed by atoms with Crippen LogP contribution in [0.4, 0.5) is 0 Å². The van der Waals surface area contributed by atoms with Crippen LogP contribution in [0.3, 0.4) is 0 Å². The molecule has 0 saturated carbocycles. The van der Waals surface area contributed by atoms with Gasteiger partial charge >= 0.3 is 0 Å². The summed E-state index contributed by atoms with van der Waals surface area (Å²) >= 11 is 5.99. The molecule has 0 radical (unpaired) electrons. The van der Waals surface area contributed by atoms with Crippen molar-refractivity contribution in [1.29, 1.82) is 0 Å². The Kier molecular flexibility index (Phi) is 3.78. The Bertz CT molecular complexity index is 878. The van der Waals surface area contributed by atoms with Crippen LogP contribution >= 0.6 is 11.6 Å². The molecular weight excluding hydrogens is 324 g/mol. The molecular formula is C18H15ClN4O. The molecule has 0 spiro atoms. The highest BCUT2D eigenvalue weighted by Crippen LogP contribution is 2.29. The fraction of sp³-hybridized carbons (Fsp3) is 0.167. The SMILES string of the molecule is O=C(c1cc(Cl)ccn1)N1Cc2ccccc2[C@@H](n2cccn2)C1. The number of pyridine rings is 1.